The molecule has 6 nitrogen and oxygen atoms in total. The van der Waals surface area contributed by atoms with Gasteiger partial charge in [0.2, 0.25) is 5.76 Å². The third kappa shape index (κ3) is 3.35. The van der Waals surface area contributed by atoms with Crippen molar-refractivity contribution in [1.29, 1.82) is 0 Å². The van der Waals surface area contributed by atoms with Gasteiger partial charge in [-0.3, -0.25) is 9.69 Å². The minimum Gasteiger partial charge on any atom is -0.458 e. The zero-order valence-corrected chi connectivity index (χ0v) is 12.2. The first-order valence-electron chi connectivity index (χ1n) is 7.37. The van der Waals surface area contributed by atoms with Crippen molar-refractivity contribution in [2.75, 3.05) is 39.3 Å². The minimum absolute atomic E-state index is 0.0518. The molecule has 1 aromatic carbocycles. The fourth-order valence-electron chi connectivity index (χ4n) is 2.48. The number of piperazine rings is 1. The van der Waals surface area contributed by atoms with Crippen LogP contribution >= 0.6 is 0 Å². The average molecular weight is 302 g/mol. The second-order valence-corrected chi connectivity index (χ2v) is 5.20. The topological polar surface area (TPSA) is 71.8 Å². The highest BCUT2D eigenvalue weighted by molar-refractivity contribution is 5.88. The summed E-state index contributed by atoms with van der Waals surface area (Å²) in [5, 5.41) is 3.72. The molecule has 0 bridgehead atoms. The fraction of sp³-hybridized carbons (Fsp3) is 0.375. The van der Waals surface area contributed by atoms with Crippen molar-refractivity contribution < 1.29 is 13.9 Å². The first-order valence-corrected chi connectivity index (χ1v) is 7.37. The lowest BCUT2D eigenvalue weighted by atomic mass is 10.2. The van der Waals surface area contributed by atoms with E-state index in [2.05, 4.69) is 10.2 Å². The fourth-order valence-corrected chi connectivity index (χ4v) is 2.48. The quantitative estimate of drug-likeness (QED) is 0.845. The number of para-hydroxylation sites is 1. The first kappa shape index (κ1) is 14.7. The molecule has 2 aromatic rings. The van der Waals surface area contributed by atoms with Crippen LogP contribution in [0.4, 0.5) is 0 Å². The van der Waals surface area contributed by atoms with E-state index in [-0.39, 0.29) is 17.8 Å². The highest BCUT2D eigenvalue weighted by atomic mass is 16.5. The summed E-state index contributed by atoms with van der Waals surface area (Å²) >= 11 is 0. The number of fused-ring (bicyclic) bond motifs is 1. The lowest BCUT2D eigenvalue weighted by Crippen LogP contribution is -2.44. The van der Waals surface area contributed by atoms with Gasteiger partial charge in [0, 0.05) is 38.8 Å². The van der Waals surface area contributed by atoms with Crippen LogP contribution in [0.3, 0.4) is 0 Å². The molecule has 0 radical (unpaired) electrons. The van der Waals surface area contributed by atoms with Crippen molar-refractivity contribution >= 4 is 16.9 Å². The number of nitrogens with zero attached hydrogens (tertiary/aromatic N) is 1. The Morgan fingerprint density at radius 3 is 2.86 bits per heavy atom. The van der Waals surface area contributed by atoms with Gasteiger partial charge in [-0.05, 0) is 12.1 Å². The molecule has 6 heteroatoms. The summed E-state index contributed by atoms with van der Waals surface area (Å²) in [6.07, 6.45) is 0. The largest absolute Gasteiger partial charge is 0.458 e. The van der Waals surface area contributed by atoms with Crippen LogP contribution in [0.1, 0.15) is 10.6 Å². The number of carbonyl (C=O) groups excluding carboxylic acids is 1. The van der Waals surface area contributed by atoms with Crippen molar-refractivity contribution in [2.45, 2.75) is 0 Å². The van der Waals surface area contributed by atoms with Crippen molar-refractivity contribution in [2.24, 2.45) is 0 Å². The normalized spacial score (nSPS) is 15.8. The predicted octanol–water partition coefficient (Wildman–Crippen LogP) is 0.855. The number of carbonyl (C=O) groups is 1. The molecular formula is C16H18N2O4. The maximum atomic E-state index is 12.0. The molecule has 116 valence electrons. The van der Waals surface area contributed by atoms with Crippen LogP contribution in [-0.4, -0.2) is 50.2 Å². The van der Waals surface area contributed by atoms with E-state index in [1.165, 1.54) is 6.07 Å². The minimum atomic E-state index is -0.599. The van der Waals surface area contributed by atoms with Gasteiger partial charge in [-0.15, -0.1) is 0 Å². The van der Waals surface area contributed by atoms with Gasteiger partial charge < -0.3 is 14.5 Å². The van der Waals surface area contributed by atoms with Gasteiger partial charge in [0.1, 0.15) is 12.2 Å². The van der Waals surface area contributed by atoms with Crippen molar-refractivity contribution in [3.8, 4) is 0 Å². The molecule has 0 saturated carbocycles. The van der Waals surface area contributed by atoms with Gasteiger partial charge in [0.25, 0.3) is 0 Å². The molecule has 0 amide bonds. The molecule has 0 spiro atoms. The van der Waals surface area contributed by atoms with Gasteiger partial charge in [-0.2, -0.15) is 0 Å². The van der Waals surface area contributed by atoms with Gasteiger partial charge in [0.05, 0.1) is 5.39 Å². The molecule has 3 rings (SSSR count). The van der Waals surface area contributed by atoms with Gasteiger partial charge >= 0.3 is 5.97 Å². The molecule has 1 aromatic heterocycles. The molecule has 1 aliphatic heterocycles. The summed E-state index contributed by atoms with van der Waals surface area (Å²) in [5.74, 6) is -0.651. The van der Waals surface area contributed by atoms with Crippen LogP contribution in [0.15, 0.2) is 39.5 Å². The zero-order chi connectivity index (χ0) is 15.4. The van der Waals surface area contributed by atoms with E-state index in [0.717, 1.165) is 26.2 Å². The highest BCUT2D eigenvalue weighted by Gasteiger charge is 2.15. The summed E-state index contributed by atoms with van der Waals surface area (Å²) in [6, 6.07) is 8.03. The molecule has 1 saturated heterocycles. The van der Waals surface area contributed by atoms with E-state index in [9.17, 15) is 9.59 Å². The maximum Gasteiger partial charge on any atom is 0.374 e. The van der Waals surface area contributed by atoms with Gasteiger partial charge in [0.15, 0.2) is 5.43 Å². The molecule has 1 N–H and O–H groups in total. The summed E-state index contributed by atoms with van der Waals surface area (Å²) in [4.78, 5) is 26.2. The van der Waals surface area contributed by atoms with E-state index in [1.54, 1.807) is 24.3 Å². The van der Waals surface area contributed by atoms with Crippen LogP contribution in [0.25, 0.3) is 11.0 Å². The number of hydrogen-bond donors (Lipinski definition) is 1. The Morgan fingerprint density at radius 2 is 2.05 bits per heavy atom. The van der Waals surface area contributed by atoms with E-state index in [0.29, 0.717) is 17.5 Å². The number of rotatable bonds is 4. The van der Waals surface area contributed by atoms with E-state index >= 15 is 0 Å². The monoisotopic (exact) mass is 302 g/mol. The van der Waals surface area contributed by atoms with E-state index < -0.39 is 5.97 Å². The van der Waals surface area contributed by atoms with Crippen LogP contribution in [0.5, 0.6) is 0 Å². The standard InChI is InChI=1S/C16H18N2O4/c19-13-11-15(22-14-4-2-1-3-12(13)14)16(20)21-10-9-18-7-5-17-6-8-18/h1-4,11,17H,5-10H2. The smallest absolute Gasteiger partial charge is 0.374 e. The number of ether oxygens (including phenoxy) is 1. The Kier molecular flexibility index (Phi) is 4.50. The lowest BCUT2D eigenvalue weighted by Gasteiger charge is -2.26. The molecule has 0 atom stereocenters. The number of benzene rings is 1. The Labute approximate surface area is 127 Å². The third-order valence-corrected chi connectivity index (χ3v) is 3.69. The maximum absolute atomic E-state index is 12.0. The summed E-state index contributed by atoms with van der Waals surface area (Å²) in [7, 11) is 0. The highest BCUT2D eigenvalue weighted by Crippen LogP contribution is 2.12. The summed E-state index contributed by atoms with van der Waals surface area (Å²) in [6.45, 7) is 4.77. The van der Waals surface area contributed by atoms with Gasteiger partial charge in [-0.25, -0.2) is 4.79 Å². The van der Waals surface area contributed by atoms with Crippen molar-refractivity contribution in [1.82, 2.24) is 10.2 Å². The van der Waals surface area contributed by atoms with Crippen LogP contribution in [0, 0.1) is 0 Å². The second kappa shape index (κ2) is 6.72. The lowest BCUT2D eigenvalue weighted by molar-refractivity contribution is 0.0421. The average Bonchev–Trinajstić information content (AvgIpc) is 2.56. The molecule has 1 fully saturated rings. The number of esters is 1. The van der Waals surface area contributed by atoms with Crippen LogP contribution < -0.4 is 10.7 Å². The Bertz CT molecular complexity index is 719. The molecule has 2 heterocycles. The SMILES string of the molecule is O=C(OCCN1CCNCC1)c1cc(=O)c2ccccc2o1. The zero-order valence-electron chi connectivity index (χ0n) is 12.2. The molecular weight excluding hydrogens is 284 g/mol. The summed E-state index contributed by atoms with van der Waals surface area (Å²) < 4.78 is 10.6. The van der Waals surface area contributed by atoms with E-state index in [1.807, 2.05) is 0 Å². The first-order chi connectivity index (χ1) is 10.7. The van der Waals surface area contributed by atoms with Crippen LogP contribution in [-0.2, 0) is 4.74 Å². The molecule has 0 unspecified atom stereocenters. The van der Waals surface area contributed by atoms with E-state index in [4.69, 9.17) is 9.15 Å². The van der Waals surface area contributed by atoms with Gasteiger partial charge in [-0.1, -0.05) is 12.1 Å². The molecule has 0 aliphatic carbocycles. The Balaban J connectivity index is 1.63. The molecule has 1 aliphatic rings. The second-order valence-electron chi connectivity index (χ2n) is 5.20. The predicted molar refractivity (Wildman–Crippen MR) is 82.1 cm³/mol. The number of nitrogens with one attached hydrogen (secondary N) is 1. The molecule has 22 heavy (non-hydrogen) atoms. The van der Waals surface area contributed by atoms with Crippen LogP contribution in [0.2, 0.25) is 0 Å². The Hall–Kier alpha value is -2.18. The third-order valence-electron chi connectivity index (χ3n) is 3.69. The van der Waals surface area contributed by atoms with Crippen molar-refractivity contribution in [3.63, 3.8) is 0 Å². The summed E-state index contributed by atoms with van der Waals surface area (Å²) in [5.41, 5.74) is 0.153. The number of hydrogen-bond acceptors (Lipinski definition) is 6. The van der Waals surface area contributed by atoms with Crippen molar-refractivity contribution in [3.05, 3.63) is 46.3 Å². The Morgan fingerprint density at radius 1 is 1.27 bits per heavy atom.